The third-order valence-electron chi connectivity index (χ3n) is 2.18. The Hall–Kier alpha value is -1.45. The van der Waals surface area contributed by atoms with Crippen molar-refractivity contribution >= 4 is 37.0 Å². The van der Waals surface area contributed by atoms with E-state index in [2.05, 4.69) is 20.7 Å². The summed E-state index contributed by atoms with van der Waals surface area (Å²) in [5, 5.41) is 12.1. The molecule has 0 fully saturated rings. The fraction of sp³-hybridized carbons (Fsp3) is 0.222. The van der Waals surface area contributed by atoms with Gasteiger partial charge >= 0.3 is 0 Å². The Balaban J connectivity index is 1.86. The van der Waals surface area contributed by atoms with Crippen LogP contribution in [0, 0.1) is 0 Å². The van der Waals surface area contributed by atoms with Crippen molar-refractivity contribution in [2.75, 3.05) is 6.54 Å². The highest BCUT2D eigenvalue weighted by molar-refractivity contribution is 8.15. The molecule has 10 heteroatoms. The molecule has 2 aromatic heterocycles. The van der Waals surface area contributed by atoms with Crippen molar-refractivity contribution < 1.29 is 13.2 Å². The number of H-pyrrole nitrogens is 1. The second-order valence-corrected chi connectivity index (χ2v) is 7.48. The predicted octanol–water partition coefficient (Wildman–Crippen LogP) is 0.766. The molecule has 0 aliphatic carbocycles. The van der Waals surface area contributed by atoms with E-state index in [9.17, 15) is 13.2 Å². The number of rotatable bonds is 5. The first-order valence-corrected chi connectivity index (χ1v) is 8.27. The van der Waals surface area contributed by atoms with Crippen LogP contribution in [-0.4, -0.2) is 36.3 Å². The van der Waals surface area contributed by atoms with Crippen molar-refractivity contribution in [2.24, 2.45) is 0 Å². The van der Waals surface area contributed by atoms with E-state index < -0.39 is 9.05 Å². The van der Waals surface area contributed by atoms with Gasteiger partial charge in [-0.3, -0.25) is 4.79 Å². The molecule has 102 valence electrons. The van der Waals surface area contributed by atoms with Crippen LogP contribution in [-0.2, 0) is 15.5 Å². The van der Waals surface area contributed by atoms with Gasteiger partial charge in [0.15, 0.2) is 5.69 Å². The summed E-state index contributed by atoms with van der Waals surface area (Å²) in [7, 11) is 1.54. The number of thiophene rings is 1. The molecule has 0 aromatic carbocycles. The standard InChI is InChI=1S/C9H9ClN4O3S2/c10-19(16,17)8-2-1-6(18-8)3-4-11-9(15)7-5-12-14-13-7/h1-2,5H,3-4H2,(H,11,15)(H,12,13,14). The normalized spacial score (nSPS) is 11.4. The second-order valence-electron chi connectivity index (χ2n) is 3.52. The number of carbonyl (C=O) groups is 1. The van der Waals surface area contributed by atoms with Gasteiger partial charge in [0.1, 0.15) is 4.21 Å². The summed E-state index contributed by atoms with van der Waals surface area (Å²) in [5.41, 5.74) is 0.204. The minimum absolute atomic E-state index is 0.104. The third kappa shape index (κ3) is 3.75. The summed E-state index contributed by atoms with van der Waals surface area (Å²) in [5.74, 6) is -0.338. The summed E-state index contributed by atoms with van der Waals surface area (Å²) >= 11 is 1.08. The third-order valence-corrected chi connectivity index (χ3v) is 5.42. The number of amides is 1. The maximum absolute atomic E-state index is 11.5. The molecule has 0 saturated carbocycles. The van der Waals surface area contributed by atoms with Crippen molar-refractivity contribution in [3.05, 3.63) is 28.9 Å². The minimum atomic E-state index is -3.68. The Morgan fingerprint density at radius 1 is 1.47 bits per heavy atom. The molecule has 0 spiro atoms. The lowest BCUT2D eigenvalue weighted by molar-refractivity contribution is 0.0949. The van der Waals surface area contributed by atoms with Crippen LogP contribution >= 0.6 is 22.0 Å². The number of aromatic nitrogens is 3. The number of nitrogens with zero attached hydrogens (tertiary/aromatic N) is 2. The number of halogens is 1. The average Bonchev–Trinajstić information content (AvgIpc) is 2.99. The molecule has 1 amide bonds. The second kappa shape index (κ2) is 5.68. The van der Waals surface area contributed by atoms with Crippen LogP contribution in [0.5, 0.6) is 0 Å². The number of carbonyl (C=O) groups excluding carboxylic acids is 1. The maximum atomic E-state index is 11.5. The molecule has 2 rings (SSSR count). The Morgan fingerprint density at radius 3 is 2.84 bits per heavy atom. The number of aromatic amines is 1. The van der Waals surface area contributed by atoms with E-state index in [1.165, 1.54) is 12.3 Å². The molecule has 0 bridgehead atoms. The smallest absolute Gasteiger partial charge is 0.273 e. The summed E-state index contributed by atoms with van der Waals surface area (Å²) in [6, 6.07) is 3.12. The van der Waals surface area contributed by atoms with Gasteiger partial charge in [0, 0.05) is 22.1 Å². The first kappa shape index (κ1) is 14.0. The van der Waals surface area contributed by atoms with E-state index in [-0.39, 0.29) is 15.8 Å². The Labute approximate surface area is 117 Å². The van der Waals surface area contributed by atoms with Gasteiger partial charge in [0.2, 0.25) is 0 Å². The lowest BCUT2D eigenvalue weighted by atomic mass is 10.3. The van der Waals surface area contributed by atoms with Gasteiger partial charge in [-0.05, 0) is 18.6 Å². The molecule has 7 nitrogen and oxygen atoms in total. The van der Waals surface area contributed by atoms with Gasteiger partial charge < -0.3 is 5.32 Å². The van der Waals surface area contributed by atoms with Gasteiger partial charge in [0.05, 0.1) is 6.20 Å². The summed E-state index contributed by atoms with van der Waals surface area (Å²) < 4.78 is 22.2. The van der Waals surface area contributed by atoms with E-state index in [0.717, 1.165) is 16.2 Å². The van der Waals surface area contributed by atoms with Crippen molar-refractivity contribution in [1.82, 2.24) is 20.7 Å². The zero-order valence-electron chi connectivity index (χ0n) is 9.46. The number of nitrogens with one attached hydrogen (secondary N) is 2. The first-order valence-electron chi connectivity index (χ1n) is 5.14. The lowest BCUT2D eigenvalue weighted by Gasteiger charge is -2.00. The predicted molar refractivity (Wildman–Crippen MR) is 69.8 cm³/mol. The Morgan fingerprint density at radius 2 is 2.26 bits per heavy atom. The largest absolute Gasteiger partial charge is 0.350 e. The topological polar surface area (TPSA) is 105 Å². The Bertz CT molecular complexity index is 665. The van der Waals surface area contributed by atoms with Gasteiger partial charge in [-0.15, -0.1) is 11.3 Å². The number of hydrogen-bond donors (Lipinski definition) is 2. The quantitative estimate of drug-likeness (QED) is 0.792. The summed E-state index contributed by atoms with van der Waals surface area (Å²) in [6.07, 6.45) is 1.83. The molecule has 0 unspecified atom stereocenters. The fourth-order valence-electron chi connectivity index (χ4n) is 1.32. The molecule has 2 aromatic rings. The van der Waals surface area contributed by atoms with Crippen LogP contribution in [0.4, 0.5) is 0 Å². The first-order chi connectivity index (χ1) is 8.97. The van der Waals surface area contributed by atoms with Gasteiger partial charge in [0.25, 0.3) is 15.0 Å². The van der Waals surface area contributed by atoms with Crippen LogP contribution in [0.25, 0.3) is 0 Å². The van der Waals surface area contributed by atoms with Gasteiger partial charge in [-0.1, -0.05) is 0 Å². The summed E-state index contributed by atoms with van der Waals surface area (Å²) in [4.78, 5) is 12.3. The molecule has 0 atom stereocenters. The Kier molecular flexibility index (Phi) is 4.17. The fourth-order valence-corrected chi connectivity index (χ4v) is 3.45. The minimum Gasteiger partial charge on any atom is -0.350 e. The number of hydrogen-bond acceptors (Lipinski definition) is 6. The highest BCUT2D eigenvalue weighted by Crippen LogP contribution is 2.24. The molecule has 0 aliphatic heterocycles. The van der Waals surface area contributed by atoms with Crippen LogP contribution < -0.4 is 5.32 Å². The zero-order valence-corrected chi connectivity index (χ0v) is 11.8. The molecule has 2 heterocycles. The average molecular weight is 321 g/mol. The maximum Gasteiger partial charge on any atom is 0.273 e. The van der Waals surface area contributed by atoms with Crippen LogP contribution in [0.3, 0.4) is 0 Å². The van der Waals surface area contributed by atoms with Crippen molar-refractivity contribution in [3.63, 3.8) is 0 Å². The zero-order chi connectivity index (χ0) is 13.9. The molecule has 0 aliphatic rings. The summed E-state index contributed by atoms with van der Waals surface area (Å²) in [6.45, 7) is 0.369. The van der Waals surface area contributed by atoms with Crippen LogP contribution in [0.2, 0.25) is 0 Å². The molecular formula is C9H9ClN4O3S2. The molecule has 0 radical (unpaired) electrons. The molecule has 0 saturated heterocycles. The van der Waals surface area contributed by atoms with E-state index in [4.69, 9.17) is 10.7 Å². The monoisotopic (exact) mass is 320 g/mol. The molecular weight excluding hydrogens is 312 g/mol. The van der Waals surface area contributed by atoms with E-state index in [1.54, 1.807) is 6.07 Å². The molecule has 2 N–H and O–H groups in total. The highest BCUT2D eigenvalue weighted by Gasteiger charge is 2.13. The van der Waals surface area contributed by atoms with Gasteiger partial charge in [-0.2, -0.15) is 15.4 Å². The van der Waals surface area contributed by atoms with Crippen LogP contribution in [0.1, 0.15) is 15.4 Å². The van der Waals surface area contributed by atoms with Gasteiger partial charge in [-0.25, -0.2) is 8.42 Å². The van der Waals surface area contributed by atoms with E-state index in [1.807, 2.05) is 0 Å². The highest BCUT2D eigenvalue weighted by atomic mass is 35.7. The van der Waals surface area contributed by atoms with Crippen molar-refractivity contribution in [1.29, 1.82) is 0 Å². The molecule has 19 heavy (non-hydrogen) atoms. The lowest BCUT2D eigenvalue weighted by Crippen LogP contribution is -2.25. The van der Waals surface area contributed by atoms with E-state index >= 15 is 0 Å². The van der Waals surface area contributed by atoms with E-state index in [0.29, 0.717) is 13.0 Å². The van der Waals surface area contributed by atoms with Crippen LogP contribution in [0.15, 0.2) is 22.5 Å². The van der Waals surface area contributed by atoms with Crippen molar-refractivity contribution in [3.8, 4) is 0 Å². The SMILES string of the molecule is O=C(NCCc1ccc(S(=O)(=O)Cl)s1)c1cn[nH]n1. The van der Waals surface area contributed by atoms with Crippen molar-refractivity contribution in [2.45, 2.75) is 10.6 Å².